The van der Waals surface area contributed by atoms with Gasteiger partial charge in [-0.1, -0.05) is 12.1 Å². The van der Waals surface area contributed by atoms with Gasteiger partial charge in [0.1, 0.15) is 11.5 Å². The molecule has 0 aliphatic heterocycles. The van der Waals surface area contributed by atoms with E-state index < -0.39 is 15.9 Å². The Labute approximate surface area is 151 Å². The molecule has 0 unspecified atom stereocenters. The third kappa shape index (κ3) is 4.28. The predicted molar refractivity (Wildman–Crippen MR) is 97.5 cm³/mol. The van der Waals surface area contributed by atoms with Crippen LogP contribution < -0.4 is 9.46 Å². The van der Waals surface area contributed by atoms with Crippen LogP contribution in [0.3, 0.4) is 0 Å². The van der Waals surface area contributed by atoms with Gasteiger partial charge in [0, 0.05) is 24.4 Å². The molecule has 0 radical (unpaired) electrons. The van der Waals surface area contributed by atoms with Crippen LogP contribution in [0.4, 0.5) is 0 Å². The van der Waals surface area contributed by atoms with E-state index in [-0.39, 0.29) is 5.56 Å². The first-order chi connectivity index (χ1) is 12.3. The zero-order chi connectivity index (χ0) is 18.7. The van der Waals surface area contributed by atoms with Crippen LogP contribution in [0.25, 0.3) is 11.3 Å². The summed E-state index contributed by atoms with van der Waals surface area (Å²) in [5, 5.41) is 4.38. The molecule has 2 aromatic carbocycles. The highest BCUT2D eigenvalue weighted by Crippen LogP contribution is 2.32. The highest BCUT2D eigenvalue weighted by atomic mass is 32.2. The number of nitrogens with one attached hydrogen (secondary N) is 1. The molecule has 1 amide bonds. The molecule has 26 heavy (non-hydrogen) atoms. The van der Waals surface area contributed by atoms with Gasteiger partial charge in [-0.25, -0.2) is 13.1 Å². The second-order valence-corrected chi connectivity index (χ2v) is 7.45. The van der Waals surface area contributed by atoms with Crippen molar-refractivity contribution in [3.05, 3.63) is 66.4 Å². The van der Waals surface area contributed by atoms with Gasteiger partial charge in [-0.05, 0) is 42.5 Å². The zero-order valence-corrected chi connectivity index (χ0v) is 15.0. The Balaban J connectivity index is 1.81. The maximum atomic E-state index is 11.8. The van der Waals surface area contributed by atoms with Crippen molar-refractivity contribution in [1.29, 1.82) is 0 Å². The van der Waals surface area contributed by atoms with Crippen LogP contribution in [0.5, 0.6) is 11.5 Å². The van der Waals surface area contributed by atoms with Gasteiger partial charge in [-0.15, -0.1) is 0 Å². The molecule has 0 aliphatic carbocycles. The van der Waals surface area contributed by atoms with Crippen LogP contribution in [-0.4, -0.2) is 30.4 Å². The predicted octanol–water partition coefficient (Wildman–Crippen LogP) is 2.57. The van der Waals surface area contributed by atoms with Crippen molar-refractivity contribution >= 4 is 15.9 Å². The lowest BCUT2D eigenvalue weighted by molar-refractivity contribution is 0.0981. The van der Waals surface area contributed by atoms with Crippen molar-refractivity contribution in [2.75, 3.05) is 6.26 Å². The third-order valence-corrected chi connectivity index (χ3v) is 4.06. The summed E-state index contributed by atoms with van der Waals surface area (Å²) < 4.78 is 31.8. The number of sulfonamides is 1. The van der Waals surface area contributed by atoms with Gasteiger partial charge in [-0.2, -0.15) is 5.10 Å². The first-order valence-corrected chi connectivity index (χ1v) is 9.60. The lowest BCUT2D eigenvalue weighted by Gasteiger charge is -2.10. The number of para-hydroxylation sites is 1. The fraction of sp³-hybridized carbons (Fsp3) is 0.111. The summed E-state index contributed by atoms with van der Waals surface area (Å²) in [6.45, 7) is 0. The number of nitrogens with zero attached hydrogens (tertiary/aromatic N) is 2. The van der Waals surface area contributed by atoms with E-state index in [0.29, 0.717) is 11.5 Å². The van der Waals surface area contributed by atoms with Gasteiger partial charge in [-0.3, -0.25) is 9.48 Å². The number of hydrogen-bond donors (Lipinski definition) is 1. The maximum Gasteiger partial charge on any atom is 0.264 e. The quantitative estimate of drug-likeness (QED) is 0.744. The second kappa shape index (κ2) is 7.01. The van der Waals surface area contributed by atoms with Crippen molar-refractivity contribution in [2.24, 2.45) is 7.05 Å². The van der Waals surface area contributed by atoms with E-state index >= 15 is 0 Å². The Bertz CT molecular complexity index is 1040. The molecule has 0 fully saturated rings. The zero-order valence-electron chi connectivity index (χ0n) is 14.2. The summed E-state index contributed by atoms with van der Waals surface area (Å²) in [7, 11) is -1.76. The van der Waals surface area contributed by atoms with Crippen LogP contribution in [-0.2, 0) is 17.1 Å². The molecule has 1 aromatic heterocycles. The van der Waals surface area contributed by atoms with E-state index in [4.69, 9.17) is 4.74 Å². The van der Waals surface area contributed by atoms with Crippen LogP contribution in [0.1, 0.15) is 10.4 Å². The van der Waals surface area contributed by atoms with Crippen molar-refractivity contribution in [3.8, 4) is 22.8 Å². The van der Waals surface area contributed by atoms with Crippen molar-refractivity contribution in [1.82, 2.24) is 14.5 Å². The summed E-state index contributed by atoms with van der Waals surface area (Å²) in [6, 6.07) is 15.6. The average molecular weight is 371 g/mol. The Morgan fingerprint density at radius 3 is 2.38 bits per heavy atom. The molecule has 1 N–H and O–H groups in total. The van der Waals surface area contributed by atoms with Crippen molar-refractivity contribution in [2.45, 2.75) is 0 Å². The van der Waals surface area contributed by atoms with Gasteiger partial charge in [0.15, 0.2) is 0 Å². The SMILES string of the molecule is Cn1ccc(-c2ccccc2Oc2ccc(C(=O)NS(C)(=O)=O)cc2)n1. The molecule has 0 spiro atoms. The molecular weight excluding hydrogens is 354 g/mol. The topological polar surface area (TPSA) is 90.3 Å². The Kier molecular flexibility index (Phi) is 4.77. The van der Waals surface area contributed by atoms with E-state index in [2.05, 4.69) is 5.10 Å². The standard InChI is InChI=1S/C18H17N3O4S/c1-21-12-11-16(19-21)15-5-3-4-6-17(15)25-14-9-7-13(8-10-14)18(22)20-26(2,23)24/h3-12H,1-2H3,(H,20,22). The number of aryl methyl sites for hydroxylation is 1. The lowest BCUT2D eigenvalue weighted by atomic mass is 10.1. The molecular formula is C18H17N3O4S. The normalized spacial score (nSPS) is 11.2. The number of amides is 1. The summed E-state index contributed by atoms with van der Waals surface area (Å²) in [5.41, 5.74) is 1.85. The Hall–Kier alpha value is -3.13. The third-order valence-electron chi connectivity index (χ3n) is 3.50. The van der Waals surface area contributed by atoms with Crippen LogP contribution in [0.2, 0.25) is 0 Å². The molecule has 3 rings (SSSR count). The van der Waals surface area contributed by atoms with Crippen LogP contribution >= 0.6 is 0 Å². The average Bonchev–Trinajstić information content (AvgIpc) is 3.01. The number of aromatic nitrogens is 2. The minimum Gasteiger partial charge on any atom is -0.457 e. The molecule has 8 heteroatoms. The number of carbonyl (C=O) groups excluding carboxylic acids is 1. The lowest BCUT2D eigenvalue weighted by Crippen LogP contribution is -2.29. The number of hydrogen-bond acceptors (Lipinski definition) is 5. The largest absolute Gasteiger partial charge is 0.457 e. The van der Waals surface area contributed by atoms with Gasteiger partial charge in [0.25, 0.3) is 5.91 Å². The van der Waals surface area contributed by atoms with Gasteiger partial charge in [0.2, 0.25) is 10.0 Å². The molecule has 0 atom stereocenters. The number of rotatable bonds is 5. The fourth-order valence-electron chi connectivity index (χ4n) is 2.35. The highest BCUT2D eigenvalue weighted by molar-refractivity contribution is 7.89. The molecule has 0 bridgehead atoms. The van der Waals surface area contributed by atoms with Gasteiger partial charge in [0.05, 0.1) is 11.9 Å². The molecule has 3 aromatic rings. The smallest absolute Gasteiger partial charge is 0.264 e. The first kappa shape index (κ1) is 17.7. The van der Waals surface area contributed by atoms with Crippen molar-refractivity contribution < 1.29 is 17.9 Å². The fourth-order valence-corrected chi connectivity index (χ4v) is 2.81. The molecule has 0 saturated carbocycles. The molecule has 134 valence electrons. The molecule has 1 heterocycles. The molecule has 0 saturated heterocycles. The van der Waals surface area contributed by atoms with E-state index in [1.165, 1.54) is 12.1 Å². The first-order valence-electron chi connectivity index (χ1n) is 7.71. The summed E-state index contributed by atoms with van der Waals surface area (Å²) in [6.07, 6.45) is 2.78. The Morgan fingerprint density at radius 1 is 1.08 bits per heavy atom. The minimum atomic E-state index is -3.60. The monoisotopic (exact) mass is 371 g/mol. The summed E-state index contributed by atoms with van der Waals surface area (Å²) in [4.78, 5) is 11.8. The number of ether oxygens (including phenoxy) is 1. The second-order valence-electron chi connectivity index (χ2n) is 5.70. The number of benzene rings is 2. The van der Waals surface area contributed by atoms with E-state index in [1.807, 2.05) is 48.3 Å². The van der Waals surface area contributed by atoms with E-state index in [9.17, 15) is 13.2 Å². The molecule has 0 aliphatic rings. The van der Waals surface area contributed by atoms with Gasteiger partial charge >= 0.3 is 0 Å². The van der Waals surface area contributed by atoms with E-state index in [1.54, 1.807) is 16.8 Å². The number of carbonyl (C=O) groups is 1. The van der Waals surface area contributed by atoms with Crippen LogP contribution in [0, 0.1) is 0 Å². The van der Waals surface area contributed by atoms with Gasteiger partial charge < -0.3 is 4.74 Å². The summed E-state index contributed by atoms with van der Waals surface area (Å²) >= 11 is 0. The summed E-state index contributed by atoms with van der Waals surface area (Å²) in [5.74, 6) is 0.455. The minimum absolute atomic E-state index is 0.223. The molecule has 7 nitrogen and oxygen atoms in total. The maximum absolute atomic E-state index is 11.8. The highest BCUT2D eigenvalue weighted by Gasteiger charge is 2.12. The van der Waals surface area contributed by atoms with E-state index in [0.717, 1.165) is 17.5 Å². The Morgan fingerprint density at radius 2 is 1.77 bits per heavy atom. The van der Waals surface area contributed by atoms with Crippen LogP contribution in [0.15, 0.2) is 60.8 Å². The van der Waals surface area contributed by atoms with Crippen molar-refractivity contribution in [3.63, 3.8) is 0 Å².